The minimum atomic E-state index is 0.130. The Morgan fingerprint density at radius 3 is 2.96 bits per heavy atom. The summed E-state index contributed by atoms with van der Waals surface area (Å²) < 4.78 is 13.4. The van der Waals surface area contributed by atoms with Crippen LogP contribution in [0.15, 0.2) is 35.5 Å². The van der Waals surface area contributed by atoms with Gasteiger partial charge in [0.25, 0.3) is 0 Å². The third-order valence-corrected chi connectivity index (χ3v) is 4.52. The quantitative estimate of drug-likeness (QED) is 0.576. The van der Waals surface area contributed by atoms with Gasteiger partial charge in [-0.05, 0) is 31.5 Å². The average molecular weight is 371 g/mol. The van der Waals surface area contributed by atoms with Gasteiger partial charge in [-0.3, -0.25) is 4.68 Å². The number of nitrogens with zero attached hydrogens (tertiary/aromatic N) is 3. The van der Waals surface area contributed by atoms with Crippen molar-refractivity contribution < 1.29 is 9.47 Å². The summed E-state index contributed by atoms with van der Waals surface area (Å²) in [6, 6.07) is 8.26. The number of ether oxygens (including phenoxy) is 2. The fraction of sp³-hybridized carbons (Fsp3) is 0.500. The summed E-state index contributed by atoms with van der Waals surface area (Å²) in [4.78, 5) is 4.73. The molecule has 3 rings (SSSR count). The van der Waals surface area contributed by atoms with Gasteiger partial charge in [0.1, 0.15) is 11.9 Å². The van der Waals surface area contributed by atoms with Crippen LogP contribution in [0, 0.1) is 6.92 Å². The van der Waals surface area contributed by atoms with Gasteiger partial charge < -0.3 is 20.1 Å². The molecule has 1 fully saturated rings. The van der Waals surface area contributed by atoms with E-state index in [-0.39, 0.29) is 6.10 Å². The SMILES string of the molecule is CCNC(=NCc1ccc(C)cc1OC1CCOC1)NCc1ccnn1C. The molecule has 1 aliphatic rings. The molecule has 1 unspecified atom stereocenters. The maximum Gasteiger partial charge on any atom is 0.191 e. The molecule has 1 aliphatic heterocycles. The molecule has 27 heavy (non-hydrogen) atoms. The van der Waals surface area contributed by atoms with Gasteiger partial charge in [0.05, 0.1) is 32.0 Å². The number of nitrogens with one attached hydrogen (secondary N) is 2. The molecular formula is C20H29N5O2. The lowest BCUT2D eigenvalue weighted by molar-refractivity contribution is 0.140. The lowest BCUT2D eigenvalue weighted by Gasteiger charge is -2.16. The second kappa shape index (κ2) is 9.41. The molecule has 0 spiro atoms. The molecule has 1 saturated heterocycles. The van der Waals surface area contributed by atoms with Crippen molar-refractivity contribution in [2.45, 2.75) is 39.5 Å². The van der Waals surface area contributed by atoms with E-state index >= 15 is 0 Å². The summed E-state index contributed by atoms with van der Waals surface area (Å²) in [6.45, 7) is 7.57. The number of guanidine groups is 1. The maximum atomic E-state index is 6.17. The van der Waals surface area contributed by atoms with Gasteiger partial charge in [-0.15, -0.1) is 0 Å². The van der Waals surface area contributed by atoms with Gasteiger partial charge in [0, 0.05) is 31.8 Å². The summed E-state index contributed by atoms with van der Waals surface area (Å²) >= 11 is 0. The van der Waals surface area contributed by atoms with E-state index in [1.165, 1.54) is 5.56 Å². The van der Waals surface area contributed by atoms with E-state index in [1.807, 2.05) is 17.8 Å². The lowest BCUT2D eigenvalue weighted by Crippen LogP contribution is -2.37. The van der Waals surface area contributed by atoms with Crippen molar-refractivity contribution in [3.8, 4) is 5.75 Å². The second-order valence-corrected chi connectivity index (χ2v) is 6.71. The van der Waals surface area contributed by atoms with E-state index in [0.29, 0.717) is 19.7 Å². The molecule has 2 N–H and O–H groups in total. The minimum absolute atomic E-state index is 0.130. The highest BCUT2D eigenvalue weighted by Crippen LogP contribution is 2.24. The average Bonchev–Trinajstić information content (AvgIpc) is 3.30. The number of rotatable bonds is 7. The smallest absolute Gasteiger partial charge is 0.191 e. The molecular weight excluding hydrogens is 342 g/mol. The fourth-order valence-electron chi connectivity index (χ4n) is 2.94. The topological polar surface area (TPSA) is 72.7 Å². The van der Waals surface area contributed by atoms with Crippen LogP contribution >= 0.6 is 0 Å². The van der Waals surface area contributed by atoms with Gasteiger partial charge in [-0.2, -0.15) is 5.10 Å². The maximum absolute atomic E-state index is 6.17. The summed E-state index contributed by atoms with van der Waals surface area (Å²) in [5.74, 6) is 1.67. The molecule has 7 nitrogen and oxygen atoms in total. The number of hydrogen-bond acceptors (Lipinski definition) is 4. The van der Waals surface area contributed by atoms with Gasteiger partial charge in [0.15, 0.2) is 5.96 Å². The van der Waals surface area contributed by atoms with E-state index < -0.39 is 0 Å². The van der Waals surface area contributed by atoms with Gasteiger partial charge in [-0.25, -0.2) is 4.99 Å². The highest BCUT2D eigenvalue weighted by Gasteiger charge is 2.18. The van der Waals surface area contributed by atoms with E-state index in [9.17, 15) is 0 Å². The summed E-state index contributed by atoms with van der Waals surface area (Å²) in [6.07, 6.45) is 2.86. The number of hydrogen-bond donors (Lipinski definition) is 2. The standard InChI is InChI=1S/C20H29N5O2/c1-4-21-20(23-13-17-7-9-24-25(17)3)22-12-16-6-5-15(2)11-19(16)27-18-8-10-26-14-18/h5-7,9,11,18H,4,8,10,12-14H2,1-3H3,(H2,21,22,23). The Kier molecular flexibility index (Phi) is 6.70. The highest BCUT2D eigenvalue weighted by atomic mass is 16.5. The molecule has 2 aromatic rings. The van der Waals surface area contributed by atoms with Gasteiger partial charge >= 0.3 is 0 Å². The van der Waals surface area contributed by atoms with Crippen LogP contribution in [0.1, 0.15) is 30.2 Å². The van der Waals surface area contributed by atoms with Crippen LogP contribution in [0.4, 0.5) is 0 Å². The number of aromatic nitrogens is 2. The Bertz CT molecular complexity index is 765. The predicted octanol–water partition coefficient (Wildman–Crippen LogP) is 2.15. The fourth-order valence-corrected chi connectivity index (χ4v) is 2.94. The largest absolute Gasteiger partial charge is 0.488 e. The molecule has 0 aliphatic carbocycles. The zero-order valence-corrected chi connectivity index (χ0v) is 16.4. The first-order valence-corrected chi connectivity index (χ1v) is 9.48. The van der Waals surface area contributed by atoms with Crippen molar-refractivity contribution in [3.05, 3.63) is 47.3 Å². The molecule has 2 heterocycles. The minimum Gasteiger partial charge on any atom is -0.488 e. The predicted molar refractivity (Wildman–Crippen MR) is 106 cm³/mol. The van der Waals surface area contributed by atoms with Crippen LogP contribution < -0.4 is 15.4 Å². The molecule has 1 aromatic heterocycles. The van der Waals surface area contributed by atoms with E-state index in [0.717, 1.165) is 42.5 Å². The van der Waals surface area contributed by atoms with E-state index in [4.69, 9.17) is 14.5 Å². The van der Waals surface area contributed by atoms with Crippen molar-refractivity contribution in [2.75, 3.05) is 19.8 Å². The van der Waals surface area contributed by atoms with Crippen LogP contribution in [0.5, 0.6) is 5.75 Å². The highest BCUT2D eigenvalue weighted by molar-refractivity contribution is 5.79. The molecule has 146 valence electrons. The Morgan fingerprint density at radius 1 is 1.37 bits per heavy atom. The molecule has 1 aromatic carbocycles. The number of aryl methyl sites for hydroxylation is 2. The molecule has 0 bridgehead atoms. The van der Waals surface area contributed by atoms with Gasteiger partial charge in [0.2, 0.25) is 0 Å². The Hall–Kier alpha value is -2.54. The van der Waals surface area contributed by atoms with Crippen molar-refractivity contribution in [1.29, 1.82) is 0 Å². The summed E-state index contributed by atoms with van der Waals surface area (Å²) in [7, 11) is 1.93. The van der Waals surface area contributed by atoms with Crippen LogP contribution in [-0.4, -0.2) is 41.6 Å². The first kappa shape index (κ1) is 19.2. The van der Waals surface area contributed by atoms with Crippen molar-refractivity contribution in [2.24, 2.45) is 12.0 Å². The zero-order chi connectivity index (χ0) is 19.1. The summed E-state index contributed by atoms with van der Waals surface area (Å²) in [5.41, 5.74) is 3.35. The Morgan fingerprint density at radius 2 is 2.26 bits per heavy atom. The molecule has 1 atom stereocenters. The molecule has 0 amide bonds. The zero-order valence-electron chi connectivity index (χ0n) is 16.4. The van der Waals surface area contributed by atoms with Crippen molar-refractivity contribution >= 4 is 5.96 Å². The molecule has 0 radical (unpaired) electrons. The van der Waals surface area contributed by atoms with Crippen LogP contribution in [0.25, 0.3) is 0 Å². The van der Waals surface area contributed by atoms with E-state index in [1.54, 1.807) is 6.20 Å². The Balaban J connectivity index is 1.68. The normalized spacial score (nSPS) is 17.1. The summed E-state index contributed by atoms with van der Waals surface area (Å²) in [5, 5.41) is 10.8. The monoisotopic (exact) mass is 371 g/mol. The van der Waals surface area contributed by atoms with Gasteiger partial charge in [-0.1, -0.05) is 12.1 Å². The number of benzene rings is 1. The first-order valence-electron chi connectivity index (χ1n) is 9.48. The molecule has 7 heteroatoms. The lowest BCUT2D eigenvalue weighted by atomic mass is 10.1. The number of aliphatic imine (C=N–C) groups is 1. The Labute approximate surface area is 160 Å². The third-order valence-electron chi connectivity index (χ3n) is 4.52. The van der Waals surface area contributed by atoms with Crippen LogP contribution in [0.2, 0.25) is 0 Å². The first-order chi connectivity index (χ1) is 13.2. The van der Waals surface area contributed by atoms with Crippen molar-refractivity contribution in [1.82, 2.24) is 20.4 Å². The van der Waals surface area contributed by atoms with Crippen LogP contribution in [-0.2, 0) is 24.9 Å². The van der Waals surface area contributed by atoms with Crippen LogP contribution in [0.3, 0.4) is 0 Å². The third kappa shape index (κ3) is 5.47. The second-order valence-electron chi connectivity index (χ2n) is 6.71. The molecule has 0 saturated carbocycles. The van der Waals surface area contributed by atoms with E-state index in [2.05, 4.69) is 47.8 Å². The van der Waals surface area contributed by atoms with Crippen molar-refractivity contribution in [3.63, 3.8) is 0 Å².